The Morgan fingerprint density at radius 1 is 0.976 bits per heavy atom. The van der Waals surface area contributed by atoms with E-state index in [1.807, 2.05) is 0 Å². The first-order valence-electron chi connectivity index (χ1n) is 12.4. The largest absolute Gasteiger partial charge is 0.481 e. The number of aliphatic carboxylic acids is 1. The van der Waals surface area contributed by atoms with Gasteiger partial charge in [0.2, 0.25) is 23.1 Å². The van der Waals surface area contributed by atoms with Crippen LogP contribution in [0.3, 0.4) is 0 Å². The molecule has 0 unspecified atom stereocenters. The van der Waals surface area contributed by atoms with Crippen molar-refractivity contribution < 1.29 is 29.0 Å². The summed E-state index contributed by atoms with van der Waals surface area (Å²) in [5, 5.41) is 19.4. The maximum atomic E-state index is 13.9. The molecule has 1 spiro atoms. The first kappa shape index (κ1) is 27.2. The van der Waals surface area contributed by atoms with Crippen LogP contribution in [-0.2, 0) is 14.3 Å². The fraction of sp³-hybridized carbons (Fsp3) is 0.172. The Hall–Kier alpha value is -3.96. The number of ketones is 2. The predicted octanol–water partition coefficient (Wildman–Crippen LogP) is 5.67. The molecule has 6 rings (SSSR count). The third-order valence-electron chi connectivity index (χ3n) is 7.42. The summed E-state index contributed by atoms with van der Waals surface area (Å²) >= 11 is 13.6. The molecule has 0 bridgehead atoms. The van der Waals surface area contributed by atoms with Gasteiger partial charge in [0.15, 0.2) is 0 Å². The zero-order chi connectivity index (χ0) is 29.1. The highest BCUT2D eigenvalue weighted by molar-refractivity contribution is 7.03. The van der Waals surface area contributed by atoms with Gasteiger partial charge in [-0.3, -0.25) is 19.2 Å². The lowest BCUT2D eigenvalue weighted by atomic mass is 9.75. The SMILES string of the molecule is Cc1ccc2c(c1)C(=O)[C@@]1(O[C@@H](c3ccc(Cl)c(Cl)c3)[C@@H](C(=O)Nc3ccc(-c4csnn4)cc3)[C@H]1C(=O)O)C2=O. The second-order valence-corrected chi connectivity index (χ2v) is 11.3. The third kappa shape index (κ3) is 4.34. The van der Waals surface area contributed by atoms with Gasteiger partial charge in [0, 0.05) is 27.8 Å². The molecular weight excluding hydrogens is 589 g/mol. The van der Waals surface area contributed by atoms with E-state index in [-0.39, 0.29) is 21.2 Å². The zero-order valence-corrected chi connectivity index (χ0v) is 23.5. The topological polar surface area (TPSA) is 136 Å². The monoisotopic (exact) mass is 607 g/mol. The minimum absolute atomic E-state index is 0.0490. The van der Waals surface area contributed by atoms with Crippen molar-refractivity contribution in [3.05, 3.63) is 98.3 Å². The number of nitrogens with zero attached hydrogens (tertiary/aromatic N) is 2. The van der Waals surface area contributed by atoms with Gasteiger partial charge < -0.3 is 15.2 Å². The van der Waals surface area contributed by atoms with Crippen molar-refractivity contribution in [2.45, 2.75) is 18.6 Å². The Labute approximate surface area is 247 Å². The average Bonchev–Trinajstić information content (AvgIpc) is 3.66. The normalized spacial score (nSPS) is 23.1. The van der Waals surface area contributed by atoms with E-state index in [4.69, 9.17) is 27.9 Å². The highest BCUT2D eigenvalue weighted by atomic mass is 35.5. The molecule has 1 amide bonds. The van der Waals surface area contributed by atoms with Crippen LogP contribution in [0.2, 0.25) is 10.0 Å². The molecule has 2 N–H and O–H groups in total. The molecule has 3 aromatic carbocycles. The average molecular weight is 608 g/mol. The van der Waals surface area contributed by atoms with Crippen LogP contribution < -0.4 is 5.32 Å². The minimum Gasteiger partial charge on any atom is -0.481 e. The summed E-state index contributed by atoms with van der Waals surface area (Å²) in [7, 11) is 0. The van der Waals surface area contributed by atoms with Crippen molar-refractivity contribution in [3.63, 3.8) is 0 Å². The summed E-state index contributed by atoms with van der Waals surface area (Å²) in [6, 6.07) is 15.8. The van der Waals surface area contributed by atoms with Crippen molar-refractivity contribution in [2.75, 3.05) is 5.32 Å². The summed E-state index contributed by atoms with van der Waals surface area (Å²) in [6.07, 6.45) is -1.31. The Bertz CT molecular complexity index is 1740. The number of aryl methyl sites for hydroxylation is 1. The van der Waals surface area contributed by atoms with E-state index < -0.39 is 47.0 Å². The molecule has 206 valence electrons. The number of anilines is 1. The summed E-state index contributed by atoms with van der Waals surface area (Å²) in [6.45, 7) is 1.75. The first-order chi connectivity index (χ1) is 19.6. The zero-order valence-electron chi connectivity index (χ0n) is 21.1. The molecule has 12 heteroatoms. The highest BCUT2D eigenvalue weighted by Gasteiger charge is 2.71. The van der Waals surface area contributed by atoms with E-state index in [0.717, 1.165) is 5.56 Å². The number of Topliss-reactive ketones (excluding diaryl/α,β-unsaturated/α-hetero) is 2. The maximum absolute atomic E-state index is 13.9. The number of ether oxygens (including phenoxy) is 1. The third-order valence-corrected chi connectivity index (χ3v) is 8.67. The number of halogens is 2. The molecule has 9 nitrogen and oxygen atoms in total. The number of nitrogens with one attached hydrogen (secondary N) is 1. The van der Waals surface area contributed by atoms with Gasteiger partial charge in [0.25, 0.3) is 0 Å². The van der Waals surface area contributed by atoms with Crippen molar-refractivity contribution in [1.29, 1.82) is 0 Å². The fourth-order valence-electron chi connectivity index (χ4n) is 5.53. The first-order valence-corrected chi connectivity index (χ1v) is 13.9. The molecule has 1 fully saturated rings. The van der Waals surface area contributed by atoms with E-state index in [2.05, 4.69) is 14.9 Å². The van der Waals surface area contributed by atoms with Gasteiger partial charge >= 0.3 is 5.97 Å². The quantitative estimate of drug-likeness (QED) is 0.277. The standard InChI is InChI=1S/C29H19Cl2N3O6S/c1-13-2-8-17-18(10-13)26(36)29(25(17)35)23(28(38)39)22(24(40-29)15-5-9-19(30)20(31)11-15)27(37)32-16-6-3-14(4-7-16)21-12-41-34-33-21/h2-12,22-24H,1H3,(H,32,37)(H,38,39)/t22-,23-,24-,29-/m0/s1. The number of fused-ring (bicyclic) bond motifs is 1. The van der Waals surface area contributed by atoms with Gasteiger partial charge in [-0.25, -0.2) is 0 Å². The Morgan fingerprint density at radius 3 is 2.37 bits per heavy atom. The molecule has 4 atom stereocenters. The molecule has 2 heterocycles. The number of hydrogen-bond acceptors (Lipinski definition) is 8. The number of aromatic nitrogens is 2. The summed E-state index contributed by atoms with van der Waals surface area (Å²) in [5.74, 6) is -7.20. The van der Waals surface area contributed by atoms with E-state index in [9.17, 15) is 24.3 Å². The van der Waals surface area contributed by atoms with Crippen LogP contribution in [0.15, 0.2) is 66.0 Å². The number of rotatable bonds is 5. The lowest BCUT2D eigenvalue weighted by molar-refractivity contribution is -0.147. The molecule has 1 aromatic heterocycles. The smallest absolute Gasteiger partial charge is 0.311 e. The van der Waals surface area contributed by atoms with Crippen molar-refractivity contribution in [2.24, 2.45) is 11.8 Å². The Morgan fingerprint density at radius 2 is 1.71 bits per heavy atom. The lowest BCUT2D eigenvalue weighted by Gasteiger charge is -2.25. The van der Waals surface area contributed by atoms with Crippen LogP contribution in [0.4, 0.5) is 5.69 Å². The summed E-state index contributed by atoms with van der Waals surface area (Å²) in [4.78, 5) is 54.5. The molecule has 0 saturated carbocycles. The Kier molecular flexibility index (Phi) is 6.74. The van der Waals surface area contributed by atoms with Gasteiger partial charge in [0.1, 0.15) is 11.6 Å². The van der Waals surface area contributed by atoms with Crippen LogP contribution in [-0.4, -0.2) is 43.7 Å². The van der Waals surface area contributed by atoms with Gasteiger partial charge in [-0.05, 0) is 54.4 Å². The van der Waals surface area contributed by atoms with Crippen molar-refractivity contribution in [3.8, 4) is 11.3 Å². The van der Waals surface area contributed by atoms with Gasteiger partial charge in [-0.15, -0.1) is 5.10 Å². The number of carbonyl (C=O) groups is 4. The van der Waals surface area contributed by atoms with E-state index in [1.54, 1.807) is 42.6 Å². The summed E-state index contributed by atoms with van der Waals surface area (Å²) in [5.41, 5.74) is 0.464. The number of hydrogen-bond donors (Lipinski definition) is 2. The molecule has 2 aliphatic rings. The number of carboxylic acid groups (broad SMARTS) is 1. The predicted molar refractivity (Wildman–Crippen MR) is 151 cm³/mol. The van der Waals surface area contributed by atoms with Crippen LogP contribution in [0.5, 0.6) is 0 Å². The van der Waals surface area contributed by atoms with Crippen LogP contribution >= 0.6 is 34.7 Å². The van der Waals surface area contributed by atoms with Crippen molar-refractivity contribution >= 4 is 63.9 Å². The van der Waals surface area contributed by atoms with Gasteiger partial charge in [-0.1, -0.05) is 63.6 Å². The Balaban J connectivity index is 1.44. The molecule has 1 aliphatic heterocycles. The molecule has 0 radical (unpaired) electrons. The van der Waals surface area contributed by atoms with Crippen LogP contribution in [0, 0.1) is 18.8 Å². The van der Waals surface area contributed by atoms with E-state index in [1.165, 1.54) is 41.9 Å². The van der Waals surface area contributed by atoms with E-state index in [0.29, 0.717) is 22.5 Å². The van der Waals surface area contributed by atoms with Crippen LogP contribution in [0.25, 0.3) is 11.3 Å². The number of benzene rings is 3. The summed E-state index contributed by atoms with van der Waals surface area (Å²) < 4.78 is 10.0. The maximum Gasteiger partial charge on any atom is 0.311 e. The van der Waals surface area contributed by atoms with Crippen LogP contribution in [0.1, 0.15) is 37.9 Å². The highest BCUT2D eigenvalue weighted by Crippen LogP contribution is 2.54. The minimum atomic E-state index is -2.44. The molecule has 4 aromatic rings. The molecular formula is C29H19Cl2N3O6S. The van der Waals surface area contributed by atoms with E-state index >= 15 is 0 Å². The molecule has 41 heavy (non-hydrogen) atoms. The fourth-order valence-corrected chi connectivity index (χ4v) is 6.30. The number of amides is 1. The number of carboxylic acids is 1. The van der Waals surface area contributed by atoms with Crippen molar-refractivity contribution in [1.82, 2.24) is 9.59 Å². The molecule has 1 saturated heterocycles. The number of carbonyl (C=O) groups excluding carboxylic acids is 3. The second-order valence-electron chi connectivity index (χ2n) is 9.85. The second kappa shape index (κ2) is 10.1. The lowest BCUT2D eigenvalue weighted by Crippen LogP contribution is -2.52. The van der Waals surface area contributed by atoms with Gasteiger partial charge in [0.05, 0.1) is 22.1 Å². The van der Waals surface area contributed by atoms with Gasteiger partial charge in [-0.2, -0.15) is 0 Å². The molecule has 1 aliphatic carbocycles.